The Morgan fingerprint density at radius 3 is 2.70 bits per heavy atom. The molecule has 2 rings (SSSR count). The van der Waals surface area contributed by atoms with E-state index in [0.29, 0.717) is 19.7 Å². The average molecular weight is 397 g/mol. The summed E-state index contributed by atoms with van der Waals surface area (Å²) in [6.07, 6.45) is 1.53. The number of hydrogen-bond acceptors (Lipinski definition) is 5. The number of ether oxygens (including phenoxy) is 1. The van der Waals surface area contributed by atoms with Crippen LogP contribution in [0.25, 0.3) is 0 Å². The van der Waals surface area contributed by atoms with Crippen molar-refractivity contribution in [2.24, 2.45) is 0 Å². The van der Waals surface area contributed by atoms with Gasteiger partial charge in [0.15, 0.2) is 9.84 Å². The maximum absolute atomic E-state index is 12.6. The Labute approximate surface area is 161 Å². The first-order valence-corrected chi connectivity index (χ1v) is 10.9. The summed E-state index contributed by atoms with van der Waals surface area (Å²) in [6, 6.07) is 4.84. The number of aryl methyl sites for hydroxylation is 1. The van der Waals surface area contributed by atoms with Crippen molar-refractivity contribution in [2.75, 3.05) is 30.3 Å². The molecule has 2 amide bonds. The van der Waals surface area contributed by atoms with Crippen LogP contribution in [-0.4, -0.2) is 51.8 Å². The molecule has 0 saturated heterocycles. The van der Waals surface area contributed by atoms with E-state index in [1.165, 1.54) is 13.0 Å². The lowest BCUT2D eigenvalue weighted by molar-refractivity contribution is -0.121. The molecular formula is C19H28N2O5S. The van der Waals surface area contributed by atoms with Gasteiger partial charge in [0, 0.05) is 32.1 Å². The number of carbonyl (C=O) groups excluding carboxylic acids is 2. The van der Waals surface area contributed by atoms with Gasteiger partial charge in [0.2, 0.25) is 11.8 Å². The van der Waals surface area contributed by atoms with E-state index in [1.807, 2.05) is 13.8 Å². The Bertz CT molecular complexity index is 789. The third-order valence-corrected chi connectivity index (χ3v) is 6.10. The lowest BCUT2D eigenvalue weighted by Gasteiger charge is -2.28. The van der Waals surface area contributed by atoms with Gasteiger partial charge in [-0.1, -0.05) is 0 Å². The van der Waals surface area contributed by atoms with E-state index in [2.05, 4.69) is 5.32 Å². The zero-order valence-corrected chi connectivity index (χ0v) is 17.0. The van der Waals surface area contributed by atoms with Crippen molar-refractivity contribution in [1.29, 1.82) is 0 Å². The van der Waals surface area contributed by atoms with E-state index in [9.17, 15) is 18.0 Å². The number of nitrogens with one attached hydrogen (secondary N) is 1. The lowest BCUT2D eigenvalue weighted by Crippen LogP contribution is -2.33. The zero-order chi connectivity index (χ0) is 20.0. The van der Waals surface area contributed by atoms with Crippen LogP contribution < -0.4 is 10.2 Å². The lowest BCUT2D eigenvalue weighted by atomic mass is 10.0. The molecule has 1 N–H and O–H groups in total. The Morgan fingerprint density at radius 2 is 2.04 bits per heavy atom. The van der Waals surface area contributed by atoms with Gasteiger partial charge in [0.1, 0.15) is 0 Å². The van der Waals surface area contributed by atoms with E-state index < -0.39 is 9.84 Å². The summed E-state index contributed by atoms with van der Waals surface area (Å²) < 4.78 is 30.5. The molecule has 0 radical (unpaired) electrons. The molecule has 1 aliphatic rings. The minimum absolute atomic E-state index is 0.0512. The second-order valence-electron chi connectivity index (χ2n) is 6.90. The van der Waals surface area contributed by atoms with E-state index >= 15 is 0 Å². The minimum atomic E-state index is -3.57. The molecule has 1 aliphatic heterocycles. The highest BCUT2D eigenvalue weighted by molar-refractivity contribution is 7.91. The molecule has 1 aromatic rings. The van der Waals surface area contributed by atoms with Gasteiger partial charge in [0.25, 0.3) is 0 Å². The fourth-order valence-corrected chi connectivity index (χ4v) is 4.30. The van der Waals surface area contributed by atoms with E-state index in [0.717, 1.165) is 24.1 Å². The summed E-state index contributed by atoms with van der Waals surface area (Å²) in [6.45, 7) is 6.72. The molecule has 0 saturated carbocycles. The highest BCUT2D eigenvalue weighted by Crippen LogP contribution is 2.29. The molecule has 7 nitrogen and oxygen atoms in total. The van der Waals surface area contributed by atoms with E-state index in [1.54, 1.807) is 17.0 Å². The zero-order valence-electron chi connectivity index (χ0n) is 16.2. The van der Waals surface area contributed by atoms with Crippen molar-refractivity contribution < 1.29 is 22.7 Å². The van der Waals surface area contributed by atoms with Crippen LogP contribution >= 0.6 is 0 Å². The number of fused-ring (bicyclic) bond motifs is 1. The number of anilines is 1. The fourth-order valence-electron chi connectivity index (χ4n) is 3.01. The molecule has 27 heavy (non-hydrogen) atoms. The number of sulfone groups is 1. The van der Waals surface area contributed by atoms with Gasteiger partial charge in [-0.2, -0.15) is 0 Å². The van der Waals surface area contributed by atoms with Crippen LogP contribution in [0.15, 0.2) is 23.1 Å². The van der Waals surface area contributed by atoms with Gasteiger partial charge >= 0.3 is 0 Å². The Kier molecular flexibility index (Phi) is 7.38. The van der Waals surface area contributed by atoms with Gasteiger partial charge in [-0.15, -0.1) is 0 Å². The fraction of sp³-hybridized carbons (Fsp3) is 0.579. The molecule has 0 spiro atoms. The van der Waals surface area contributed by atoms with Crippen LogP contribution in [0, 0.1) is 0 Å². The van der Waals surface area contributed by atoms with Crippen molar-refractivity contribution in [3.8, 4) is 0 Å². The number of hydrogen-bond donors (Lipinski definition) is 1. The summed E-state index contributed by atoms with van der Waals surface area (Å²) in [7, 11) is -3.57. The number of carbonyl (C=O) groups is 2. The third-order valence-electron chi connectivity index (χ3n) is 4.38. The molecule has 0 aliphatic carbocycles. The molecule has 1 heterocycles. The molecule has 0 bridgehead atoms. The molecule has 1 aromatic carbocycles. The predicted molar refractivity (Wildman–Crippen MR) is 104 cm³/mol. The monoisotopic (exact) mass is 396 g/mol. The normalized spacial score (nSPS) is 14.1. The first-order chi connectivity index (χ1) is 12.7. The largest absolute Gasteiger partial charge is 0.377 e. The van der Waals surface area contributed by atoms with Crippen molar-refractivity contribution in [2.45, 2.75) is 51.0 Å². The quantitative estimate of drug-likeness (QED) is 0.675. The maximum Gasteiger partial charge on any atom is 0.223 e. The topological polar surface area (TPSA) is 92.8 Å². The van der Waals surface area contributed by atoms with Gasteiger partial charge in [-0.25, -0.2) is 8.42 Å². The van der Waals surface area contributed by atoms with Crippen molar-refractivity contribution >= 4 is 27.3 Å². The van der Waals surface area contributed by atoms with Gasteiger partial charge in [-0.05, 0) is 50.5 Å². The summed E-state index contributed by atoms with van der Waals surface area (Å²) >= 11 is 0. The highest BCUT2D eigenvalue weighted by Gasteiger charge is 2.23. The van der Waals surface area contributed by atoms with Crippen LogP contribution in [0.1, 0.15) is 39.2 Å². The predicted octanol–water partition coefficient (Wildman–Crippen LogP) is 1.69. The first-order valence-electron chi connectivity index (χ1n) is 9.23. The number of benzene rings is 1. The standard InChI is InChI=1S/C19H28N2O5S/c1-14(2)26-11-9-20-19(23)8-12-27(24,25)17-6-7-18-16(13-17)5-4-10-21(18)15(3)22/h6-7,13-14H,4-5,8-12H2,1-3H3,(H,20,23). The molecule has 0 unspecified atom stereocenters. The number of amides is 2. The van der Waals surface area contributed by atoms with Crippen molar-refractivity contribution in [3.63, 3.8) is 0 Å². The molecule has 8 heteroatoms. The van der Waals surface area contributed by atoms with E-state index in [-0.39, 0.29) is 35.0 Å². The first kappa shape index (κ1) is 21.4. The van der Waals surface area contributed by atoms with Gasteiger partial charge in [-0.3, -0.25) is 9.59 Å². The number of rotatable bonds is 8. The average Bonchev–Trinajstić information content (AvgIpc) is 2.62. The molecule has 0 fully saturated rings. The van der Waals surface area contributed by atoms with Crippen LogP contribution in [-0.2, 0) is 30.6 Å². The Balaban J connectivity index is 1.97. The summed E-state index contributed by atoms with van der Waals surface area (Å²) in [5, 5.41) is 2.66. The second kappa shape index (κ2) is 9.32. The molecule has 0 atom stereocenters. The smallest absolute Gasteiger partial charge is 0.223 e. The third kappa shape index (κ3) is 6.04. The summed E-state index contributed by atoms with van der Waals surface area (Å²) in [5.74, 6) is -0.615. The second-order valence-corrected chi connectivity index (χ2v) is 9.01. The SMILES string of the molecule is CC(=O)N1CCCc2cc(S(=O)(=O)CCC(=O)NCCOC(C)C)ccc21. The Hall–Kier alpha value is -1.93. The van der Waals surface area contributed by atoms with Crippen LogP contribution in [0.2, 0.25) is 0 Å². The molecular weight excluding hydrogens is 368 g/mol. The molecule has 0 aromatic heterocycles. The Morgan fingerprint density at radius 1 is 1.30 bits per heavy atom. The van der Waals surface area contributed by atoms with Gasteiger partial charge in [0.05, 0.1) is 23.4 Å². The van der Waals surface area contributed by atoms with Gasteiger partial charge < -0.3 is 15.0 Å². The summed E-state index contributed by atoms with van der Waals surface area (Å²) in [5.41, 5.74) is 1.63. The van der Waals surface area contributed by atoms with Crippen LogP contribution in [0.5, 0.6) is 0 Å². The molecule has 150 valence electrons. The minimum Gasteiger partial charge on any atom is -0.377 e. The maximum atomic E-state index is 12.6. The van der Waals surface area contributed by atoms with Crippen molar-refractivity contribution in [3.05, 3.63) is 23.8 Å². The van der Waals surface area contributed by atoms with Crippen LogP contribution in [0.4, 0.5) is 5.69 Å². The van der Waals surface area contributed by atoms with E-state index in [4.69, 9.17) is 4.74 Å². The number of nitrogens with zero attached hydrogens (tertiary/aromatic N) is 1. The van der Waals surface area contributed by atoms with Crippen molar-refractivity contribution in [1.82, 2.24) is 5.32 Å². The highest BCUT2D eigenvalue weighted by atomic mass is 32.2. The van der Waals surface area contributed by atoms with Crippen LogP contribution in [0.3, 0.4) is 0 Å². The summed E-state index contributed by atoms with van der Waals surface area (Å²) in [4.78, 5) is 25.4.